The van der Waals surface area contributed by atoms with E-state index in [4.69, 9.17) is 0 Å². The second kappa shape index (κ2) is 12.4. The molecule has 2 aliphatic carbocycles. The molecule has 2 heteroatoms. The first kappa shape index (κ1) is 29.0. The van der Waals surface area contributed by atoms with Gasteiger partial charge >= 0.3 is 0 Å². The number of likely N-dealkylation sites (N-methyl/N-ethyl adjacent to an activating group) is 1. The van der Waals surface area contributed by atoms with E-state index in [-0.39, 0.29) is 0 Å². The molecule has 0 amide bonds. The molecule has 0 spiro atoms. The molecule has 3 aliphatic rings. The Kier molecular flexibility index (Phi) is 7.63. The molecule has 2 heterocycles. The largest absolute Gasteiger partial charge is 0.344 e. The van der Waals surface area contributed by atoms with Crippen LogP contribution in [0.5, 0.6) is 0 Å². The molecule has 0 radical (unpaired) electrons. The summed E-state index contributed by atoms with van der Waals surface area (Å²) in [5.74, 6) is 0. The second-order valence-electron chi connectivity index (χ2n) is 12.7. The summed E-state index contributed by atoms with van der Waals surface area (Å²) in [6, 6.07) is 45.7. The van der Waals surface area contributed by atoms with Crippen LogP contribution in [0.3, 0.4) is 0 Å². The van der Waals surface area contributed by atoms with Crippen molar-refractivity contribution in [3.05, 3.63) is 191 Å². The SMILES string of the molecule is CN1C(c2ccccc2)=CC(c2ccccc2)=C2CCC(/C=C/C=C3\CCc4c(-c5ccccc5)cc(-c5ccccc5)[n+](C)c43)=C21. The zero-order valence-corrected chi connectivity index (χ0v) is 27.2. The molecule has 0 unspecified atom stereocenters. The fourth-order valence-electron chi connectivity index (χ4n) is 7.75. The van der Waals surface area contributed by atoms with E-state index in [1.165, 1.54) is 78.5 Å². The van der Waals surface area contributed by atoms with Gasteiger partial charge in [0, 0.05) is 41.2 Å². The molecule has 2 nitrogen and oxygen atoms in total. The van der Waals surface area contributed by atoms with E-state index in [0.717, 1.165) is 25.7 Å². The van der Waals surface area contributed by atoms with Gasteiger partial charge in [-0.15, -0.1) is 0 Å². The molecule has 1 aromatic heterocycles. The highest BCUT2D eigenvalue weighted by Crippen LogP contribution is 2.46. The minimum absolute atomic E-state index is 1.04. The van der Waals surface area contributed by atoms with Crippen LogP contribution < -0.4 is 4.57 Å². The van der Waals surface area contributed by atoms with Crippen LogP contribution in [0.4, 0.5) is 0 Å². The molecule has 0 bridgehead atoms. The minimum Gasteiger partial charge on any atom is -0.344 e. The first-order chi connectivity index (χ1) is 23.2. The number of hydrogen-bond acceptors (Lipinski definition) is 1. The molecule has 0 saturated carbocycles. The summed E-state index contributed by atoms with van der Waals surface area (Å²) in [4.78, 5) is 2.42. The monoisotopic (exact) mass is 607 g/mol. The van der Waals surface area contributed by atoms with E-state index >= 15 is 0 Å². The van der Waals surface area contributed by atoms with Crippen molar-refractivity contribution in [2.75, 3.05) is 7.05 Å². The van der Waals surface area contributed by atoms with Crippen LogP contribution >= 0.6 is 0 Å². The van der Waals surface area contributed by atoms with Crippen molar-refractivity contribution < 1.29 is 4.57 Å². The number of allylic oxidation sites excluding steroid dienone is 8. The van der Waals surface area contributed by atoms with Crippen LogP contribution in [0.15, 0.2) is 169 Å². The predicted octanol–water partition coefficient (Wildman–Crippen LogP) is 10.2. The van der Waals surface area contributed by atoms with Crippen LogP contribution in [-0.4, -0.2) is 11.9 Å². The average Bonchev–Trinajstić information content (AvgIpc) is 3.76. The smallest absolute Gasteiger partial charge is 0.213 e. The molecule has 5 aromatic rings. The van der Waals surface area contributed by atoms with Crippen LogP contribution in [0.1, 0.15) is 41.6 Å². The number of benzene rings is 4. The number of aromatic nitrogens is 1. The predicted molar refractivity (Wildman–Crippen MR) is 196 cm³/mol. The third-order valence-corrected chi connectivity index (χ3v) is 9.98. The third kappa shape index (κ3) is 5.30. The number of hydrogen-bond donors (Lipinski definition) is 0. The van der Waals surface area contributed by atoms with E-state index in [2.05, 4.69) is 175 Å². The molecule has 4 aromatic carbocycles. The molecular weight excluding hydrogens is 569 g/mol. The Labute approximate surface area is 278 Å². The molecule has 0 fully saturated rings. The molecule has 47 heavy (non-hydrogen) atoms. The van der Waals surface area contributed by atoms with Gasteiger partial charge in [-0.05, 0) is 82.9 Å². The second-order valence-corrected chi connectivity index (χ2v) is 12.7. The third-order valence-electron chi connectivity index (χ3n) is 9.98. The quantitative estimate of drug-likeness (QED) is 0.174. The average molecular weight is 608 g/mol. The zero-order valence-electron chi connectivity index (χ0n) is 27.2. The summed E-state index contributed by atoms with van der Waals surface area (Å²) in [5, 5.41) is 0. The Bertz CT molecular complexity index is 2110. The molecule has 0 saturated heterocycles. The van der Waals surface area contributed by atoms with Crippen molar-refractivity contribution >= 4 is 16.8 Å². The lowest BCUT2D eigenvalue weighted by molar-refractivity contribution is -0.662. The number of nitrogens with zero attached hydrogens (tertiary/aromatic N) is 2. The van der Waals surface area contributed by atoms with Crippen molar-refractivity contribution in [2.24, 2.45) is 7.05 Å². The molecular formula is C45H39N2+. The fourth-order valence-corrected chi connectivity index (χ4v) is 7.75. The highest BCUT2D eigenvalue weighted by Gasteiger charge is 2.32. The van der Waals surface area contributed by atoms with Crippen LogP contribution in [0, 0.1) is 0 Å². The Morgan fingerprint density at radius 1 is 0.638 bits per heavy atom. The van der Waals surface area contributed by atoms with Gasteiger partial charge in [0.05, 0.1) is 0 Å². The molecule has 0 atom stereocenters. The van der Waals surface area contributed by atoms with Gasteiger partial charge in [0.1, 0.15) is 7.05 Å². The van der Waals surface area contributed by atoms with Crippen LogP contribution in [-0.2, 0) is 13.5 Å². The lowest BCUT2D eigenvalue weighted by Crippen LogP contribution is -2.36. The lowest BCUT2D eigenvalue weighted by Gasteiger charge is -2.32. The lowest BCUT2D eigenvalue weighted by atomic mass is 9.91. The normalized spacial score (nSPS) is 16.7. The molecule has 0 N–H and O–H groups in total. The van der Waals surface area contributed by atoms with Crippen molar-refractivity contribution in [3.63, 3.8) is 0 Å². The Morgan fingerprint density at radius 3 is 1.89 bits per heavy atom. The first-order valence-corrected chi connectivity index (χ1v) is 16.7. The number of fused-ring (bicyclic) bond motifs is 2. The standard InChI is InChI=1S/C45H39N2/c1-46-42(34-20-11-5-12-21-34)30-40(32-16-7-3-8-17-32)38-28-26-36(44(38)46)24-15-25-37-27-29-39-41(33-18-9-4-10-19-33)31-43(47(2)45(37)39)35-22-13-6-14-23-35/h3-25,30-31H,26-29H2,1-2H3/q+1. The molecule has 1 aliphatic heterocycles. The summed E-state index contributed by atoms with van der Waals surface area (Å²) in [6.07, 6.45) is 13.6. The minimum atomic E-state index is 1.04. The summed E-state index contributed by atoms with van der Waals surface area (Å²) in [7, 11) is 4.47. The van der Waals surface area contributed by atoms with Gasteiger partial charge in [-0.1, -0.05) is 127 Å². The highest BCUT2D eigenvalue weighted by molar-refractivity contribution is 5.91. The van der Waals surface area contributed by atoms with E-state index in [9.17, 15) is 0 Å². The van der Waals surface area contributed by atoms with Gasteiger partial charge in [-0.3, -0.25) is 0 Å². The summed E-state index contributed by atoms with van der Waals surface area (Å²) < 4.78 is 2.42. The summed E-state index contributed by atoms with van der Waals surface area (Å²) >= 11 is 0. The van der Waals surface area contributed by atoms with E-state index in [1.807, 2.05) is 0 Å². The van der Waals surface area contributed by atoms with Crippen LogP contribution in [0.2, 0.25) is 0 Å². The van der Waals surface area contributed by atoms with Gasteiger partial charge in [-0.2, -0.15) is 4.57 Å². The Hall–Kier alpha value is -5.47. The van der Waals surface area contributed by atoms with E-state index in [0.29, 0.717) is 0 Å². The van der Waals surface area contributed by atoms with Gasteiger partial charge in [0.2, 0.25) is 11.4 Å². The van der Waals surface area contributed by atoms with Crippen molar-refractivity contribution in [3.8, 4) is 22.4 Å². The number of rotatable bonds is 6. The summed E-state index contributed by atoms with van der Waals surface area (Å²) in [6.45, 7) is 0. The fraction of sp³-hybridized carbons (Fsp3) is 0.133. The van der Waals surface area contributed by atoms with Gasteiger partial charge in [0.25, 0.3) is 0 Å². The van der Waals surface area contributed by atoms with Crippen molar-refractivity contribution in [1.29, 1.82) is 0 Å². The number of pyridine rings is 1. The maximum absolute atomic E-state index is 2.42. The Balaban J connectivity index is 1.21. The van der Waals surface area contributed by atoms with Gasteiger partial charge < -0.3 is 4.90 Å². The van der Waals surface area contributed by atoms with Crippen molar-refractivity contribution in [1.82, 2.24) is 4.90 Å². The highest BCUT2D eigenvalue weighted by atomic mass is 15.1. The Morgan fingerprint density at radius 2 is 1.23 bits per heavy atom. The maximum atomic E-state index is 2.42. The van der Waals surface area contributed by atoms with Crippen molar-refractivity contribution in [2.45, 2.75) is 25.7 Å². The van der Waals surface area contributed by atoms with Gasteiger partial charge in [0.15, 0.2) is 0 Å². The molecule has 228 valence electrons. The zero-order chi connectivity index (χ0) is 31.7. The molecule has 8 rings (SSSR count). The van der Waals surface area contributed by atoms with Crippen LogP contribution in [0.25, 0.3) is 39.2 Å². The van der Waals surface area contributed by atoms with E-state index in [1.54, 1.807) is 0 Å². The van der Waals surface area contributed by atoms with E-state index < -0.39 is 0 Å². The topological polar surface area (TPSA) is 7.12 Å². The maximum Gasteiger partial charge on any atom is 0.213 e. The first-order valence-electron chi connectivity index (χ1n) is 16.7. The summed E-state index contributed by atoms with van der Waals surface area (Å²) in [5.41, 5.74) is 18.6. The van der Waals surface area contributed by atoms with Gasteiger partial charge in [-0.25, -0.2) is 0 Å².